The molecule has 1 aromatic heterocycles. The van der Waals surface area contributed by atoms with Crippen LogP contribution in [0.1, 0.15) is 10.5 Å². The summed E-state index contributed by atoms with van der Waals surface area (Å²) in [6.45, 7) is 2.51. The molecule has 1 N–H and O–H groups in total. The maximum absolute atomic E-state index is 12.1. The molecule has 6 heteroatoms. The van der Waals surface area contributed by atoms with E-state index in [1.807, 2.05) is 0 Å². The van der Waals surface area contributed by atoms with E-state index in [-0.39, 0.29) is 11.7 Å². The van der Waals surface area contributed by atoms with Crippen molar-refractivity contribution in [3.8, 4) is 0 Å². The van der Waals surface area contributed by atoms with Crippen LogP contribution in [0.25, 0.3) is 0 Å². The molecule has 0 spiro atoms. The first-order valence-electron chi connectivity index (χ1n) is 5.19. The van der Waals surface area contributed by atoms with Gasteiger partial charge in [-0.3, -0.25) is 9.48 Å². The molecule has 0 aromatic carbocycles. The maximum Gasteiger partial charge on any atom is 0.187 e. The highest BCUT2D eigenvalue weighted by molar-refractivity contribution is 6.33. The van der Waals surface area contributed by atoms with E-state index in [9.17, 15) is 4.79 Å². The van der Waals surface area contributed by atoms with Crippen LogP contribution in [0.5, 0.6) is 0 Å². The molecule has 0 bridgehead atoms. The summed E-state index contributed by atoms with van der Waals surface area (Å²) in [6, 6.07) is 0. The molecule has 88 valence electrons. The van der Waals surface area contributed by atoms with Crippen molar-refractivity contribution < 1.29 is 9.53 Å². The van der Waals surface area contributed by atoms with Crippen LogP contribution in [0.4, 0.5) is 0 Å². The largest absolute Gasteiger partial charge is 0.383 e. The Morgan fingerprint density at radius 1 is 1.75 bits per heavy atom. The van der Waals surface area contributed by atoms with Crippen LogP contribution >= 0.6 is 11.6 Å². The average Bonchev–Trinajstić information content (AvgIpc) is 2.54. The van der Waals surface area contributed by atoms with Gasteiger partial charge in [0.1, 0.15) is 5.69 Å². The van der Waals surface area contributed by atoms with Gasteiger partial charge in [-0.2, -0.15) is 5.10 Å². The van der Waals surface area contributed by atoms with E-state index >= 15 is 0 Å². The number of rotatable bonds is 5. The van der Waals surface area contributed by atoms with E-state index < -0.39 is 0 Å². The molecule has 2 rings (SSSR count). The van der Waals surface area contributed by atoms with Crippen molar-refractivity contribution in [2.75, 3.05) is 26.8 Å². The van der Waals surface area contributed by atoms with Crippen molar-refractivity contribution in [3.05, 3.63) is 16.9 Å². The molecule has 1 saturated heterocycles. The summed E-state index contributed by atoms with van der Waals surface area (Å²) in [4.78, 5) is 12.1. The fraction of sp³-hybridized carbons (Fsp3) is 0.600. The van der Waals surface area contributed by atoms with E-state index in [0.717, 1.165) is 13.1 Å². The summed E-state index contributed by atoms with van der Waals surface area (Å²) < 4.78 is 6.58. The predicted molar refractivity (Wildman–Crippen MR) is 59.8 cm³/mol. The monoisotopic (exact) mass is 243 g/mol. The highest BCUT2D eigenvalue weighted by Gasteiger charge is 2.30. The zero-order valence-corrected chi connectivity index (χ0v) is 9.83. The van der Waals surface area contributed by atoms with Crippen LogP contribution in [-0.4, -0.2) is 42.4 Å². The lowest BCUT2D eigenvalue weighted by Crippen LogP contribution is -2.47. The normalized spacial score (nSPS) is 16.1. The Hall–Kier alpha value is -0.910. The number of carbonyl (C=O) groups excluding carboxylic acids is 1. The van der Waals surface area contributed by atoms with Gasteiger partial charge in [0.15, 0.2) is 5.78 Å². The number of carbonyl (C=O) groups is 1. The maximum atomic E-state index is 12.1. The summed E-state index contributed by atoms with van der Waals surface area (Å²) in [6.07, 6.45) is 1.51. The minimum Gasteiger partial charge on any atom is -0.383 e. The highest BCUT2D eigenvalue weighted by Crippen LogP contribution is 2.20. The minimum atomic E-state index is 0.0375. The fourth-order valence-electron chi connectivity index (χ4n) is 1.62. The molecule has 1 aromatic rings. The van der Waals surface area contributed by atoms with Crippen LogP contribution in [-0.2, 0) is 11.3 Å². The second-order valence-corrected chi connectivity index (χ2v) is 4.18. The second kappa shape index (κ2) is 4.95. The van der Waals surface area contributed by atoms with Crippen molar-refractivity contribution in [1.82, 2.24) is 15.1 Å². The van der Waals surface area contributed by atoms with Crippen LogP contribution in [0.3, 0.4) is 0 Å². The third-order valence-electron chi connectivity index (χ3n) is 2.69. The number of hydrogen-bond acceptors (Lipinski definition) is 4. The molecule has 1 aliphatic heterocycles. The van der Waals surface area contributed by atoms with Crippen molar-refractivity contribution in [3.63, 3.8) is 0 Å². The summed E-state index contributed by atoms with van der Waals surface area (Å²) in [7, 11) is 1.61. The summed E-state index contributed by atoms with van der Waals surface area (Å²) in [5, 5.41) is 7.57. The zero-order chi connectivity index (χ0) is 11.5. The Morgan fingerprint density at radius 2 is 2.50 bits per heavy atom. The lowest BCUT2D eigenvalue weighted by Gasteiger charge is -2.25. The van der Waals surface area contributed by atoms with Gasteiger partial charge in [0.25, 0.3) is 0 Å². The summed E-state index contributed by atoms with van der Waals surface area (Å²) in [5.74, 6) is 0.104. The third kappa shape index (κ3) is 2.11. The van der Waals surface area contributed by atoms with Gasteiger partial charge in [-0.15, -0.1) is 0 Å². The van der Waals surface area contributed by atoms with Crippen LogP contribution < -0.4 is 5.32 Å². The van der Waals surface area contributed by atoms with Gasteiger partial charge in [0, 0.05) is 26.1 Å². The first-order chi connectivity index (χ1) is 7.74. The SMILES string of the molecule is COCCn1ncc(Cl)c1C(=O)C1CNC1. The molecule has 5 nitrogen and oxygen atoms in total. The van der Waals surface area contributed by atoms with Crippen LogP contribution in [0.2, 0.25) is 5.02 Å². The summed E-state index contributed by atoms with van der Waals surface area (Å²) >= 11 is 5.98. The van der Waals surface area contributed by atoms with Gasteiger partial charge in [-0.1, -0.05) is 11.6 Å². The van der Waals surface area contributed by atoms with E-state index in [2.05, 4.69) is 10.4 Å². The molecule has 1 aliphatic rings. The average molecular weight is 244 g/mol. The number of ether oxygens (including phenoxy) is 1. The van der Waals surface area contributed by atoms with Crippen molar-refractivity contribution in [2.24, 2.45) is 5.92 Å². The number of nitrogens with one attached hydrogen (secondary N) is 1. The molecule has 16 heavy (non-hydrogen) atoms. The van der Waals surface area contributed by atoms with Crippen molar-refractivity contribution >= 4 is 17.4 Å². The number of aromatic nitrogens is 2. The molecule has 0 radical (unpaired) electrons. The number of halogens is 1. The molecule has 1 fully saturated rings. The minimum absolute atomic E-state index is 0.0375. The Morgan fingerprint density at radius 3 is 3.06 bits per heavy atom. The highest BCUT2D eigenvalue weighted by atomic mass is 35.5. The lowest BCUT2D eigenvalue weighted by atomic mass is 9.96. The molecule has 0 atom stereocenters. The van der Waals surface area contributed by atoms with E-state index in [1.54, 1.807) is 11.8 Å². The Kier molecular flexibility index (Phi) is 3.58. The number of nitrogens with zero attached hydrogens (tertiary/aromatic N) is 2. The molecular formula is C10H14ClN3O2. The number of hydrogen-bond donors (Lipinski definition) is 1. The number of Topliss-reactive ketones (excluding diaryl/α,β-unsaturated/α-hetero) is 1. The predicted octanol–water partition coefficient (Wildman–Crippen LogP) is 0.585. The van der Waals surface area contributed by atoms with Gasteiger partial charge in [-0.25, -0.2) is 0 Å². The number of methoxy groups -OCH3 is 1. The van der Waals surface area contributed by atoms with E-state index in [1.165, 1.54) is 6.20 Å². The van der Waals surface area contributed by atoms with Gasteiger partial charge in [0.05, 0.1) is 24.4 Å². The van der Waals surface area contributed by atoms with Gasteiger partial charge in [0.2, 0.25) is 0 Å². The van der Waals surface area contributed by atoms with Gasteiger partial charge in [-0.05, 0) is 0 Å². The molecule has 0 aliphatic carbocycles. The Balaban J connectivity index is 2.16. The van der Waals surface area contributed by atoms with Crippen LogP contribution in [0, 0.1) is 5.92 Å². The Labute approximate surface area is 98.7 Å². The van der Waals surface area contributed by atoms with Gasteiger partial charge < -0.3 is 10.1 Å². The molecule has 0 unspecified atom stereocenters. The van der Waals surface area contributed by atoms with Crippen LogP contribution in [0.15, 0.2) is 6.20 Å². The van der Waals surface area contributed by atoms with E-state index in [4.69, 9.17) is 16.3 Å². The number of ketones is 1. The fourth-order valence-corrected chi connectivity index (χ4v) is 1.86. The lowest BCUT2D eigenvalue weighted by molar-refractivity contribution is 0.0863. The third-order valence-corrected chi connectivity index (χ3v) is 2.96. The first kappa shape index (κ1) is 11.6. The topological polar surface area (TPSA) is 56.2 Å². The first-order valence-corrected chi connectivity index (χ1v) is 5.57. The van der Waals surface area contributed by atoms with Crippen molar-refractivity contribution in [1.29, 1.82) is 0 Å². The molecular weight excluding hydrogens is 230 g/mol. The molecule has 0 amide bonds. The van der Waals surface area contributed by atoms with Crippen molar-refractivity contribution in [2.45, 2.75) is 6.54 Å². The van der Waals surface area contributed by atoms with Gasteiger partial charge >= 0.3 is 0 Å². The summed E-state index contributed by atoms with van der Waals surface area (Å²) in [5.41, 5.74) is 0.505. The second-order valence-electron chi connectivity index (χ2n) is 3.78. The smallest absolute Gasteiger partial charge is 0.187 e. The molecule has 2 heterocycles. The van der Waals surface area contributed by atoms with E-state index in [0.29, 0.717) is 23.9 Å². The standard InChI is InChI=1S/C10H14ClN3O2/c1-16-3-2-14-9(8(11)6-13-14)10(15)7-4-12-5-7/h6-7,12H,2-5H2,1H3. The Bertz CT molecular complexity index is 387. The molecule has 0 saturated carbocycles. The zero-order valence-electron chi connectivity index (χ0n) is 9.07. The quantitative estimate of drug-likeness (QED) is 0.769.